The Morgan fingerprint density at radius 2 is 2.12 bits per heavy atom. The molecule has 0 spiro atoms. The number of thiazole rings is 1. The van der Waals surface area contributed by atoms with Gasteiger partial charge in [0, 0.05) is 37.6 Å². The van der Waals surface area contributed by atoms with Gasteiger partial charge < -0.3 is 9.80 Å². The molecule has 1 aromatic carbocycles. The predicted molar refractivity (Wildman–Crippen MR) is 91.1 cm³/mol. The number of benzene rings is 1. The molecule has 3 rings (SSSR count). The number of hydrogen-bond donors (Lipinski definition) is 0. The summed E-state index contributed by atoms with van der Waals surface area (Å²) in [5, 5.41) is 11.0. The summed E-state index contributed by atoms with van der Waals surface area (Å²) in [4.78, 5) is 20.0. The van der Waals surface area contributed by atoms with Gasteiger partial charge in [0.2, 0.25) is 5.91 Å². The number of rotatable bonds is 3. The summed E-state index contributed by atoms with van der Waals surface area (Å²) in [6, 6.07) is 6.53. The summed E-state index contributed by atoms with van der Waals surface area (Å²) in [5.74, 6) is -0.581. The number of aromatic nitrogens is 1. The number of hydrogen-bond acceptors (Lipinski definition) is 5. The Morgan fingerprint density at radius 1 is 1.33 bits per heavy atom. The SMILES string of the molecule is N#Cc1c(F)cccc1N1CCN(C(=O)C=Cc2cscn2)CC1. The molecular formula is C17H15FN4OS. The fourth-order valence-electron chi connectivity index (χ4n) is 2.62. The van der Waals surface area contributed by atoms with Crippen molar-refractivity contribution in [2.24, 2.45) is 0 Å². The van der Waals surface area contributed by atoms with Gasteiger partial charge >= 0.3 is 0 Å². The van der Waals surface area contributed by atoms with E-state index in [1.165, 1.54) is 23.5 Å². The van der Waals surface area contributed by atoms with Crippen molar-refractivity contribution in [1.29, 1.82) is 5.26 Å². The Morgan fingerprint density at radius 3 is 2.79 bits per heavy atom. The predicted octanol–water partition coefficient (Wildman–Crippen LogP) is 2.52. The van der Waals surface area contributed by atoms with Crippen molar-refractivity contribution in [2.75, 3.05) is 31.1 Å². The first-order chi connectivity index (χ1) is 11.7. The molecule has 1 fully saturated rings. The van der Waals surface area contributed by atoms with Crippen molar-refractivity contribution in [3.05, 3.63) is 52.2 Å². The van der Waals surface area contributed by atoms with Crippen LogP contribution in [0.15, 0.2) is 35.2 Å². The lowest BCUT2D eigenvalue weighted by Gasteiger charge is -2.36. The molecule has 1 aliphatic rings. The first-order valence-electron chi connectivity index (χ1n) is 7.48. The van der Waals surface area contributed by atoms with Gasteiger partial charge in [-0.25, -0.2) is 9.37 Å². The summed E-state index contributed by atoms with van der Waals surface area (Å²) in [6.07, 6.45) is 3.22. The van der Waals surface area contributed by atoms with E-state index in [0.717, 1.165) is 5.69 Å². The van der Waals surface area contributed by atoms with Crippen LogP contribution in [0.3, 0.4) is 0 Å². The van der Waals surface area contributed by atoms with Gasteiger partial charge in [-0.1, -0.05) is 6.07 Å². The highest BCUT2D eigenvalue weighted by Crippen LogP contribution is 2.23. The van der Waals surface area contributed by atoms with Gasteiger partial charge in [0.25, 0.3) is 0 Å². The van der Waals surface area contributed by atoms with Crippen LogP contribution in [0.5, 0.6) is 0 Å². The Labute approximate surface area is 143 Å². The monoisotopic (exact) mass is 342 g/mol. The van der Waals surface area contributed by atoms with E-state index in [4.69, 9.17) is 5.26 Å². The normalized spacial score (nSPS) is 14.8. The summed E-state index contributed by atoms with van der Waals surface area (Å²) in [6.45, 7) is 2.19. The van der Waals surface area contributed by atoms with Crippen molar-refractivity contribution in [2.45, 2.75) is 0 Å². The standard InChI is InChI=1S/C17H15FN4OS/c18-15-2-1-3-16(14(15)10-19)21-6-8-22(9-7-21)17(23)5-4-13-11-24-12-20-13/h1-5,11-12H,6-9H2. The maximum absolute atomic E-state index is 13.7. The van der Waals surface area contributed by atoms with Crippen LogP contribution in [0.2, 0.25) is 0 Å². The minimum Gasteiger partial charge on any atom is -0.367 e. The summed E-state index contributed by atoms with van der Waals surface area (Å²) >= 11 is 1.48. The quantitative estimate of drug-likeness (QED) is 0.804. The molecule has 1 saturated heterocycles. The molecule has 0 N–H and O–H groups in total. The minimum atomic E-state index is -0.514. The smallest absolute Gasteiger partial charge is 0.246 e. The third-order valence-corrected chi connectivity index (χ3v) is 4.49. The number of anilines is 1. The van der Waals surface area contributed by atoms with Crippen LogP contribution in [-0.2, 0) is 4.79 Å². The molecule has 1 aliphatic heterocycles. The lowest BCUT2D eigenvalue weighted by Crippen LogP contribution is -2.48. The average Bonchev–Trinajstić information content (AvgIpc) is 3.13. The number of amides is 1. The maximum atomic E-state index is 13.7. The van der Waals surface area contributed by atoms with Gasteiger partial charge in [-0.15, -0.1) is 11.3 Å². The fourth-order valence-corrected chi connectivity index (χ4v) is 3.14. The van der Waals surface area contributed by atoms with Gasteiger partial charge in [0.1, 0.15) is 17.4 Å². The van der Waals surface area contributed by atoms with Crippen molar-refractivity contribution in [1.82, 2.24) is 9.88 Å². The zero-order valence-corrected chi connectivity index (χ0v) is 13.7. The molecular weight excluding hydrogens is 327 g/mol. The average molecular weight is 342 g/mol. The second-order valence-electron chi connectivity index (χ2n) is 5.30. The second kappa shape index (κ2) is 7.23. The number of carbonyl (C=O) groups is 1. The molecule has 0 radical (unpaired) electrons. The van der Waals surface area contributed by atoms with Crippen LogP contribution in [-0.4, -0.2) is 42.0 Å². The van der Waals surface area contributed by atoms with E-state index in [-0.39, 0.29) is 11.5 Å². The molecule has 24 heavy (non-hydrogen) atoms. The number of piperazine rings is 1. The van der Waals surface area contributed by atoms with Gasteiger partial charge in [0.15, 0.2) is 0 Å². The molecule has 122 valence electrons. The molecule has 1 amide bonds. The Bertz CT molecular complexity index is 789. The van der Waals surface area contributed by atoms with Crippen LogP contribution in [0, 0.1) is 17.1 Å². The molecule has 2 aromatic rings. The van der Waals surface area contributed by atoms with Crippen LogP contribution in [0.4, 0.5) is 10.1 Å². The number of halogens is 1. The summed E-state index contributed by atoms with van der Waals surface area (Å²) < 4.78 is 13.7. The molecule has 0 unspecified atom stereocenters. The Hall–Kier alpha value is -2.72. The van der Waals surface area contributed by atoms with Crippen molar-refractivity contribution >= 4 is 29.0 Å². The van der Waals surface area contributed by atoms with E-state index < -0.39 is 5.82 Å². The second-order valence-corrected chi connectivity index (χ2v) is 6.02. The van der Waals surface area contributed by atoms with Crippen LogP contribution in [0.25, 0.3) is 6.08 Å². The van der Waals surface area contributed by atoms with Crippen LogP contribution < -0.4 is 4.90 Å². The third-order valence-electron chi connectivity index (χ3n) is 3.88. The largest absolute Gasteiger partial charge is 0.367 e. The Kier molecular flexibility index (Phi) is 4.87. The van der Waals surface area contributed by atoms with Gasteiger partial charge in [-0.3, -0.25) is 4.79 Å². The van der Waals surface area contributed by atoms with E-state index in [1.807, 2.05) is 16.3 Å². The van der Waals surface area contributed by atoms with Gasteiger partial charge in [-0.2, -0.15) is 5.26 Å². The molecule has 5 nitrogen and oxygen atoms in total. The minimum absolute atomic E-state index is 0.0562. The van der Waals surface area contributed by atoms with Crippen LogP contribution >= 0.6 is 11.3 Å². The van der Waals surface area contributed by atoms with Crippen molar-refractivity contribution in [3.8, 4) is 6.07 Å². The maximum Gasteiger partial charge on any atom is 0.246 e. The third kappa shape index (κ3) is 3.44. The molecule has 7 heteroatoms. The van der Waals surface area contributed by atoms with Gasteiger partial charge in [-0.05, 0) is 18.2 Å². The highest BCUT2D eigenvalue weighted by molar-refractivity contribution is 7.07. The van der Waals surface area contributed by atoms with Gasteiger partial charge in [0.05, 0.1) is 16.9 Å². The molecule has 0 aliphatic carbocycles. The summed E-state index contributed by atoms with van der Waals surface area (Å²) in [5.41, 5.74) is 3.13. The lowest BCUT2D eigenvalue weighted by molar-refractivity contribution is -0.126. The highest BCUT2D eigenvalue weighted by atomic mass is 32.1. The van der Waals surface area contributed by atoms with Crippen LogP contribution in [0.1, 0.15) is 11.3 Å². The van der Waals surface area contributed by atoms with E-state index in [1.54, 1.807) is 28.6 Å². The molecule has 0 atom stereocenters. The van der Waals surface area contributed by atoms with Crippen molar-refractivity contribution < 1.29 is 9.18 Å². The summed E-state index contributed by atoms with van der Waals surface area (Å²) in [7, 11) is 0. The topological polar surface area (TPSA) is 60.2 Å². The molecule has 2 heterocycles. The first-order valence-corrected chi connectivity index (χ1v) is 8.42. The molecule has 1 aromatic heterocycles. The van der Waals surface area contributed by atoms with E-state index in [0.29, 0.717) is 31.9 Å². The van der Waals surface area contributed by atoms with E-state index in [9.17, 15) is 9.18 Å². The van der Waals surface area contributed by atoms with E-state index in [2.05, 4.69) is 4.98 Å². The zero-order valence-electron chi connectivity index (χ0n) is 12.9. The number of nitriles is 1. The number of carbonyl (C=O) groups excluding carboxylic acids is 1. The highest BCUT2D eigenvalue weighted by Gasteiger charge is 2.22. The van der Waals surface area contributed by atoms with Crippen molar-refractivity contribution in [3.63, 3.8) is 0 Å². The van der Waals surface area contributed by atoms with E-state index >= 15 is 0 Å². The molecule has 0 bridgehead atoms. The number of nitrogens with zero attached hydrogens (tertiary/aromatic N) is 4. The first kappa shape index (κ1) is 16.1. The zero-order chi connectivity index (χ0) is 16.9. The molecule has 0 saturated carbocycles. The fraction of sp³-hybridized carbons (Fsp3) is 0.235. The Balaban J connectivity index is 1.63. The lowest BCUT2D eigenvalue weighted by atomic mass is 10.1.